The van der Waals surface area contributed by atoms with Gasteiger partial charge in [0.2, 0.25) is 0 Å². The minimum atomic E-state index is 0.495. The topological polar surface area (TPSA) is 25.1 Å². The van der Waals surface area contributed by atoms with Gasteiger partial charge in [0.15, 0.2) is 0 Å². The van der Waals surface area contributed by atoms with Gasteiger partial charge in [-0.25, -0.2) is 0 Å². The molecule has 0 bridgehead atoms. The van der Waals surface area contributed by atoms with E-state index in [1.54, 1.807) is 0 Å². The Morgan fingerprint density at radius 3 is 2.56 bits per heavy atom. The minimum Gasteiger partial charge on any atom is -0.373 e. The van der Waals surface area contributed by atoms with Crippen LogP contribution in [0.15, 0.2) is 12.2 Å². The average molecular weight is 252 g/mol. The van der Waals surface area contributed by atoms with Crippen molar-refractivity contribution in [1.82, 2.24) is 0 Å². The maximum atomic E-state index is 5.61. The van der Waals surface area contributed by atoms with Crippen LogP contribution in [-0.4, -0.2) is 24.9 Å². The molecule has 0 aromatic heterocycles. The molecule has 2 rings (SSSR count). The Hall–Kier alpha value is -0.340. The molecule has 2 fully saturated rings. The minimum absolute atomic E-state index is 0.495. The molecule has 2 aliphatic rings. The molecule has 104 valence electrons. The highest BCUT2D eigenvalue weighted by atomic mass is 16.6. The van der Waals surface area contributed by atoms with E-state index in [9.17, 15) is 0 Å². The number of rotatable bonds is 11. The fourth-order valence-corrected chi connectivity index (χ4v) is 2.45. The standard InChI is InChI=1S/C16H28O2/c1-2-3-4-5-6-7-8-9-10-11-15-16(18-15)12-14-13-17-14/h9-10,14-16H,2-8,11-13H2,1H3. The molecule has 0 aromatic rings. The van der Waals surface area contributed by atoms with Crippen molar-refractivity contribution in [3.8, 4) is 0 Å². The second-order valence-corrected chi connectivity index (χ2v) is 5.67. The van der Waals surface area contributed by atoms with Gasteiger partial charge in [0.05, 0.1) is 24.9 Å². The molecule has 3 unspecified atom stereocenters. The average Bonchev–Trinajstić information content (AvgIpc) is 3.27. The van der Waals surface area contributed by atoms with Crippen LogP contribution < -0.4 is 0 Å². The van der Waals surface area contributed by atoms with Crippen LogP contribution in [0.25, 0.3) is 0 Å². The third kappa shape index (κ3) is 6.01. The van der Waals surface area contributed by atoms with Crippen LogP contribution in [0.1, 0.15) is 64.7 Å². The Morgan fingerprint density at radius 1 is 1.00 bits per heavy atom. The van der Waals surface area contributed by atoms with E-state index < -0.39 is 0 Å². The fourth-order valence-electron chi connectivity index (χ4n) is 2.45. The number of ether oxygens (including phenoxy) is 2. The molecule has 2 nitrogen and oxygen atoms in total. The van der Waals surface area contributed by atoms with Crippen molar-refractivity contribution in [1.29, 1.82) is 0 Å². The summed E-state index contributed by atoms with van der Waals surface area (Å²) in [4.78, 5) is 0. The smallest absolute Gasteiger partial charge is 0.0877 e. The van der Waals surface area contributed by atoms with Crippen LogP contribution in [-0.2, 0) is 9.47 Å². The Bertz CT molecular complexity index is 245. The van der Waals surface area contributed by atoms with Crippen molar-refractivity contribution in [2.45, 2.75) is 83.0 Å². The Labute approximate surface area is 112 Å². The number of allylic oxidation sites excluding steroid dienone is 1. The summed E-state index contributed by atoms with van der Waals surface area (Å²) in [7, 11) is 0. The van der Waals surface area contributed by atoms with E-state index in [0.717, 1.165) is 19.4 Å². The molecule has 3 atom stereocenters. The summed E-state index contributed by atoms with van der Waals surface area (Å²) in [6, 6.07) is 0. The Morgan fingerprint density at radius 2 is 1.78 bits per heavy atom. The van der Waals surface area contributed by atoms with Gasteiger partial charge in [-0.1, -0.05) is 51.2 Å². The van der Waals surface area contributed by atoms with Gasteiger partial charge in [-0.05, 0) is 19.3 Å². The molecule has 18 heavy (non-hydrogen) atoms. The Kier molecular flexibility index (Phi) is 6.22. The van der Waals surface area contributed by atoms with E-state index >= 15 is 0 Å². The van der Waals surface area contributed by atoms with Crippen molar-refractivity contribution >= 4 is 0 Å². The SMILES string of the molecule is CCCCCCCCC=CCC1OC1CC1CO1. The summed E-state index contributed by atoms with van der Waals surface area (Å²) in [6.45, 7) is 3.23. The van der Waals surface area contributed by atoms with Gasteiger partial charge in [0.25, 0.3) is 0 Å². The summed E-state index contributed by atoms with van der Waals surface area (Å²) in [6.07, 6.45) is 18.0. The molecule has 0 amide bonds. The van der Waals surface area contributed by atoms with Gasteiger partial charge in [-0.2, -0.15) is 0 Å². The molecular weight excluding hydrogens is 224 g/mol. The van der Waals surface area contributed by atoms with Gasteiger partial charge in [0.1, 0.15) is 0 Å². The molecule has 2 heteroatoms. The molecule has 0 spiro atoms. The van der Waals surface area contributed by atoms with Gasteiger partial charge < -0.3 is 9.47 Å². The lowest BCUT2D eigenvalue weighted by Crippen LogP contribution is -1.97. The number of hydrogen-bond donors (Lipinski definition) is 0. The van der Waals surface area contributed by atoms with Crippen molar-refractivity contribution < 1.29 is 9.47 Å². The van der Waals surface area contributed by atoms with Crippen molar-refractivity contribution in [3.63, 3.8) is 0 Å². The normalized spacial score (nSPS) is 29.9. The zero-order valence-electron chi connectivity index (χ0n) is 11.8. The summed E-state index contributed by atoms with van der Waals surface area (Å²) < 4.78 is 10.8. The molecule has 2 aliphatic heterocycles. The van der Waals surface area contributed by atoms with E-state index in [-0.39, 0.29) is 0 Å². The highest BCUT2D eigenvalue weighted by Gasteiger charge is 2.42. The lowest BCUT2D eigenvalue weighted by molar-refractivity contribution is 0.332. The predicted molar refractivity (Wildman–Crippen MR) is 74.8 cm³/mol. The molecule has 2 heterocycles. The molecule has 0 N–H and O–H groups in total. The third-order valence-corrected chi connectivity index (χ3v) is 3.84. The van der Waals surface area contributed by atoms with Gasteiger partial charge in [0, 0.05) is 6.42 Å². The van der Waals surface area contributed by atoms with Crippen LogP contribution in [0.3, 0.4) is 0 Å². The number of hydrogen-bond acceptors (Lipinski definition) is 2. The lowest BCUT2D eigenvalue weighted by Gasteiger charge is -1.97. The van der Waals surface area contributed by atoms with E-state index in [2.05, 4.69) is 19.1 Å². The zero-order valence-corrected chi connectivity index (χ0v) is 11.8. The van der Waals surface area contributed by atoms with Crippen molar-refractivity contribution in [3.05, 3.63) is 12.2 Å². The summed E-state index contributed by atoms with van der Waals surface area (Å²) in [5, 5.41) is 0. The Balaban J connectivity index is 1.35. The summed E-state index contributed by atoms with van der Waals surface area (Å²) in [5.74, 6) is 0. The molecule has 0 radical (unpaired) electrons. The van der Waals surface area contributed by atoms with Crippen molar-refractivity contribution in [2.75, 3.05) is 6.61 Å². The van der Waals surface area contributed by atoms with Gasteiger partial charge in [-0.3, -0.25) is 0 Å². The quantitative estimate of drug-likeness (QED) is 0.312. The maximum absolute atomic E-state index is 5.61. The van der Waals surface area contributed by atoms with E-state index in [1.165, 1.54) is 44.9 Å². The third-order valence-electron chi connectivity index (χ3n) is 3.84. The second-order valence-electron chi connectivity index (χ2n) is 5.67. The first kappa shape index (κ1) is 14.1. The molecule has 0 saturated carbocycles. The predicted octanol–water partition coefficient (Wildman–Crippen LogP) is 4.24. The van der Waals surface area contributed by atoms with Crippen LogP contribution >= 0.6 is 0 Å². The molecule has 2 saturated heterocycles. The fraction of sp³-hybridized carbons (Fsp3) is 0.875. The van der Waals surface area contributed by atoms with Crippen LogP contribution in [0.2, 0.25) is 0 Å². The number of unbranched alkanes of at least 4 members (excludes halogenated alkanes) is 6. The highest BCUT2D eigenvalue weighted by molar-refractivity contribution is 4.96. The van der Waals surface area contributed by atoms with Gasteiger partial charge >= 0.3 is 0 Å². The first-order valence-electron chi connectivity index (χ1n) is 7.82. The molecular formula is C16H28O2. The summed E-state index contributed by atoms with van der Waals surface area (Å²) in [5.41, 5.74) is 0. The van der Waals surface area contributed by atoms with Crippen molar-refractivity contribution in [2.24, 2.45) is 0 Å². The first-order valence-corrected chi connectivity index (χ1v) is 7.82. The molecule has 0 aliphatic carbocycles. The lowest BCUT2D eigenvalue weighted by atomic mass is 10.1. The number of epoxide rings is 2. The van der Waals surface area contributed by atoms with Crippen LogP contribution in [0.4, 0.5) is 0 Å². The van der Waals surface area contributed by atoms with E-state index in [1.807, 2.05) is 0 Å². The maximum Gasteiger partial charge on any atom is 0.0877 e. The van der Waals surface area contributed by atoms with Crippen LogP contribution in [0, 0.1) is 0 Å². The second kappa shape index (κ2) is 7.96. The monoisotopic (exact) mass is 252 g/mol. The molecule has 0 aromatic carbocycles. The van der Waals surface area contributed by atoms with E-state index in [4.69, 9.17) is 9.47 Å². The van der Waals surface area contributed by atoms with Crippen LogP contribution in [0.5, 0.6) is 0 Å². The summed E-state index contributed by atoms with van der Waals surface area (Å²) >= 11 is 0. The zero-order chi connectivity index (χ0) is 12.6. The van der Waals surface area contributed by atoms with E-state index in [0.29, 0.717) is 18.3 Å². The highest BCUT2D eigenvalue weighted by Crippen LogP contribution is 2.33. The first-order chi connectivity index (χ1) is 8.90. The van der Waals surface area contributed by atoms with Gasteiger partial charge in [-0.15, -0.1) is 0 Å². The largest absolute Gasteiger partial charge is 0.373 e.